The van der Waals surface area contributed by atoms with Gasteiger partial charge in [0.25, 0.3) is 5.91 Å². The first kappa shape index (κ1) is 15.9. The van der Waals surface area contributed by atoms with Crippen LogP contribution in [0.2, 0.25) is 0 Å². The number of rotatable bonds is 2. The number of furan rings is 1. The molecule has 0 atom stereocenters. The molecule has 1 aromatic heterocycles. The smallest absolute Gasteiger partial charge is 0.317 e. The van der Waals surface area contributed by atoms with E-state index in [2.05, 4.69) is 5.32 Å². The first-order chi connectivity index (χ1) is 12.1. The molecule has 0 unspecified atom stereocenters. The number of nitrogens with zero attached hydrogens (tertiary/aromatic N) is 2. The topological polar surface area (TPSA) is 65.8 Å². The quantitative estimate of drug-likeness (QED) is 0.910. The summed E-state index contributed by atoms with van der Waals surface area (Å²) in [5.41, 5.74) is 0.504. The van der Waals surface area contributed by atoms with E-state index in [4.69, 9.17) is 4.42 Å². The van der Waals surface area contributed by atoms with Crippen molar-refractivity contribution in [2.45, 2.75) is 25.3 Å². The van der Waals surface area contributed by atoms with Gasteiger partial charge in [0.1, 0.15) is 11.4 Å². The maximum atomic E-state index is 13.3. The molecular formula is C18H20FN3O3. The Hall–Kier alpha value is -2.57. The fourth-order valence-electron chi connectivity index (χ4n) is 3.65. The maximum absolute atomic E-state index is 13.3. The zero-order valence-corrected chi connectivity index (χ0v) is 13.8. The number of carbonyl (C=O) groups excluding carboxylic acids is 2. The predicted octanol–water partition coefficient (Wildman–Crippen LogP) is 2.59. The largest absolute Gasteiger partial charge is 0.451 e. The summed E-state index contributed by atoms with van der Waals surface area (Å²) < 4.78 is 18.8. The Morgan fingerprint density at radius 2 is 2.00 bits per heavy atom. The lowest BCUT2D eigenvalue weighted by molar-refractivity contribution is 0.0615. The summed E-state index contributed by atoms with van der Waals surface area (Å²) in [5.74, 6) is -0.305. The molecule has 0 saturated carbocycles. The second-order valence-corrected chi connectivity index (χ2v) is 6.60. The van der Waals surface area contributed by atoms with Crippen LogP contribution in [-0.2, 0) is 0 Å². The van der Waals surface area contributed by atoms with Crippen LogP contribution < -0.4 is 5.32 Å². The monoisotopic (exact) mass is 345 g/mol. The fraction of sp³-hybridized carbons (Fsp3) is 0.444. The summed E-state index contributed by atoms with van der Waals surface area (Å²) >= 11 is 0. The highest BCUT2D eigenvalue weighted by atomic mass is 19.1. The molecule has 1 aromatic carbocycles. The van der Waals surface area contributed by atoms with Crippen molar-refractivity contribution in [1.29, 1.82) is 0 Å². The third-order valence-electron chi connectivity index (χ3n) is 4.99. The lowest BCUT2D eigenvalue weighted by Crippen LogP contribution is -2.54. The summed E-state index contributed by atoms with van der Waals surface area (Å²) in [5, 5.41) is 3.46. The van der Waals surface area contributed by atoms with Crippen LogP contribution in [0, 0.1) is 5.82 Å². The standard InChI is InChI=1S/C18H20FN3O3/c19-13-2-3-15-12(10-13)11-16(25-15)17(23)21-8-4-14(5-9-21)22-7-1-6-20-18(22)24/h2-3,10-11,14H,1,4-9H2,(H,20,24). The van der Waals surface area contributed by atoms with E-state index in [1.807, 2.05) is 4.90 Å². The van der Waals surface area contributed by atoms with E-state index >= 15 is 0 Å². The van der Waals surface area contributed by atoms with Gasteiger partial charge in [-0.2, -0.15) is 0 Å². The van der Waals surface area contributed by atoms with E-state index in [1.54, 1.807) is 11.0 Å². The van der Waals surface area contributed by atoms with Crippen molar-refractivity contribution in [3.63, 3.8) is 0 Å². The molecule has 0 aliphatic carbocycles. The van der Waals surface area contributed by atoms with Crippen molar-refractivity contribution in [2.24, 2.45) is 0 Å². The summed E-state index contributed by atoms with van der Waals surface area (Å²) in [7, 11) is 0. The average molecular weight is 345 g/mol. The van der Waals surface area contributed by atoms with Crippen LogP contribution in [0.4, 0.5) is 9.18 Å². The molecule has 2 aliphatic rings. The number of urea groups is 1. The normalized spacial score (nSPS) is 19.3. The zero-order valence-electron chi connectivity index (χ0n) is 13.8. The van der Waals surface area contributed by atoms with Gasteiger partial charge >= 0.3 is 6.03 Å². The molecule has 25 heavy (non-hydrogen) atoms. The molecular weight excluding hydrogens is 325 g/mol. The van der Waals surface area contributed by atoms with E-state index < -0.39 is 0 Å². The highest BCUT2D eigenvalue weighted by molar-refractivity contribution is 5.96. The van der Waals surface area contributed by atoms with Crippen molar-refractivity contribution >= 4 is 22.9 Å². The van der Waals surface area contributed by atoms with Crippen LogP contribution in [0.3, 0.4) is 0 Å². The molecule has 7 heteroatoms. The minimum atomic E-state index is -0.354. The summed E-state index contributed by atoms with van der Waals surface area (Å²) in [6.45, 7) is 2.68. The number of likely N-dealkylation sites (tertiary alicyclic amines) is 1. The van der Waals surface area contributed by atoms with Gasteiger partial charge < -0.3 is 19.5 Å². The molecule has 2 aromatic rings. The summed E-state index contributed by atoms with van der Waals surface area (Å²) in [6, 6.07) is 5.96. The molecule has 1 N–H and O–H groups in total. The van der Waals surface area contributed by atoms with Gasteiger partial charge in [-0.3, -0.25) is 4.79 Å². The number of benzene rings is 1. The van der Waals surface area contributed by atoms with Gasteiger partial charge in [-0.15, -0.1) is 0 Å². The molecule has 2 aliphatic heterocycles. The van der Waals surface area contributed by atoms with E-state index in [-0.39, 0.29) is 29.6 Å². The molecule has 2 saturated heterocycles. The highest BCUT2D eigenvalue weighted by Gasteiger charge is 2.31. The average Bonchev–Trinajstić information content (AvgIpc) is 3.05. The molecule has 132 valence electrons. The molecule has 4 rings (SSSR count). The number of amides is 3. The Balaban J connectivity index is 1.42. The van der Waals surface area contributed by atoms with Gasteiger partial charge in [-0.05, 0) is 43.5 Å². The molecule has 3 heterocycles. The van der Waals surface area contributed by atoms with Gasteiger partial charge in [0.2, 0.25) is 0 Å². The van der Waals surface area contributed by atoms with Crippen LogP contribution in [0.25, 0.3) is 11.0 Å². The predicted molar refractivity (Wildman–Crippen MR) is 89.8 cm³/mol. The minimum absolute atomic E-state index is 0.00432. The van der Waals surface area contributed by atoms with Gasteiger partial charge in [-0.1, -0.05) is 0 Å². The van der Waals surface area contributed by atoms with E-state index in [1.165, 1.54) is 18.2 Å². The van der Waals surface area contributed by atoms with Crippen LogP contribution in [0.5, 0.6) is 0 Å². The lowest BCUT2D eigenvalue weighted by Gasteiger charge is -2.40. The zero-order chi connectivity index (χ0) is 17.4. The van der Waals surface area contributed by atoms with E-state index in [0.717, 1.165) is 32.4 Å². The molecule has 0 radical (unpaired) electrons. The van der Waals surface area contributed by atoms with Crippen molar-refractivity contribution in [2.75, 3.05) is 26.2 Å². The maximum Gasteiger partial charge on any atom is 0.317 e. The number of nitrogens with one attached hydrogen (secondary N) is 1. The second kappa shape index (κ2) is 6.38. The molecule has 3 amide bonds. The Bertz CT molecular complexity index is 811. The van der Waals surface area contributed by atoms with Crippen LogP contribution in [-0.4, -0.2) is 54.0 Å². The number of halogens is 1. The number of fused-ring (bicyclic) bond motifs is 1. The Labute approximate surface area is 144 Å². The van der Waals surface area contributed by atoms with Crippen molar-refractivity contribution in [3.05, 3.63) is 35.8 Å². The first-order valence-electron chi connectivity index (χ1n) is 8.65. The minimum Gasteiger partial charge on any atom is -0.451 e. The molecule has 0 spiro atoms. The number of hydrogen-bond donors (Lipinski definition) is 1. The molecule has 0 bridgehead atoms. The SMILES string of the molecule is O=C(c1cc2cc(F)ccc2o1)N1CCC(N2CCCNC2=O)CC1. The van der Waals surface area contributed by atoms with Gasteiger partial charge in [0, 0.05) is 37.6 Å². The van der Waals surface area contributed by atoms with E-state index in [9.17, 15) is 14.0 Å². The number of carbonyl (C=O) groups is 2. The summed E-state index contributed by atoms with van der Waals surface area (Å²) in [4.78, 5) is 28.2. The molecule has 2 fully saturated rings. The van der Waals surface area contributed by atoms with Gasteiger partial charge in [0.05, 0.1) is 0 Å². The van der Waals surface area contributed by atoms with E-state index in [0.29, 0.717) is 24.1 Å². The molecule has 6 nitrogen and oxygen atoms in total. The van der Waals surface area contributed by atoms with Crippen molar-refractivity contribution in [1.82, 2.24) is 15.1 Å². The van der Waals surface area contributed by atoms with Crippen LogP contribution >= 0.6 is 0 Å². The highest BCUT2D eigenvalue weighted by Crippen LogP contribution is 2.24. The van der Waals surface area contributed by atoms with Crippen molar-refractivity contribution < 1.29 is 18.4 Å². The van der Waals surface area contributed by atoms with Crippen LogP contribution in [0.1, 0.15) is 29.8 Å². The van der Waals surface area contributed by atoms with Gasteiger partial charge in [0.15, 0.2) is 5.76 Å². The Morgan fingerprint density at radius 3 is 2.76 bits per heavy atom. The number of hydrogen-bond acceptors (Lipinski definition) is 3. The van der Waals surface area contributed by atoms with Crippen LogP contribution in [0.15, 0.2) is 28.7 Å². The number of piperidine rings is 1. The fourth-order valence-corrected chi connectivity index (χ4v) is 3.65. The van der Waals surface area contributed by atoms with Crippen molar-refractivity contribution in [3.8, 4) is 0 Å². The first-order valence-corrected chi connectivity index (χ1v) is 8.65. The lowest BCUT2D eigenvalue weighted by atomic mass is 10.0. The third-order valence-corrected chi connectivity index (χ3v) is 4.99. The Morgan fingerprint density at radius 1 is 1.20 bits per heavy atom. The van der Waals surface area contributed by atoms with Gasteiger partial charge in [-0.25, -0.2) is 9.18 Å². The Kier molecular flexibility index (Phi) is 4.07. The third kappa shape index (κ3) is 3.06. The summed E-state index contributed by atoms with van der Waals surface area (Å²) in [6.07, 6.45) is 2.47. The second-order valence-electron chi connectivity index (χ2n) is 6.60.